The van der Waals surface area contributed by atoms with Crippen molar-refractivity contribution in [3.63, 3.8) is 0 Å². The molecule has 0 aliphatic carbocycles. The monoisotopic (exact) mass is 317 g/mol. The van der Waals surface area contributed by atoms with Crippen LogP contribution in [0.4, 0.5) is 0 Å². The lowest BCUT2D eigenvalue weighted by atomic mass is 9.83. The number of rotatable bonds is 5. The molecule has 0 spiro atoms. The van der Waals surface area contributed by atoms with E-state index in [0.717, 1.165) is 18.3 Å². The van der Waals surface area contributed by atoms with Crippen LogP contribution in [-0.2, 0) is 4.79 Å². The quantitative estimate of drug-likeness (QED) is 0.700. The van der Waals surface area contributed by atoms with Crippen molar-refractivity contribution in [1.82, 2.24) is 4.90 Å². The Morgan fingerprint density at radius 2 is 1.83 bits per heavy atom. The van der Waals surface area contributed by atoms with Crippen LogP contribution < -0.4 is 0 Å². The molecule has 1 rings (SSSR count). The van der Waals surface area contributed by atoms with Gasteiger partial charge in [-0.3, -0.25) is 4.79 Å². The van der Waals surface area contributed by atoms with E-state index >= 15 is 0 Å². The molecule has 0 saturated carbocycles. The Labute approximate surface area is 121 Å². The summed E-state index contributed by atoms with van der Waals surface area (Å²) < 4.78 is 0. The van der Waals surface area contributed by atoms with Crippen molar-refractivity contribution in [2.75, 3.05) is 11.9 Å². The summed E-state index contributed by atoms with van der Waals surface area (Å²) in [6, 6.07) is 0.464. The fourth-order valence-electron chi connectivity index (χ4n) is 3.25. The summed E-state index contributed by atoms with van der Waals surface area (Å²) in [7, 11) is 0. The van der Waals surface area contributed by atoms with Gasteiger partial charge in [-0.15, -0.1) is 0 Å². The summed E-state index contributed by atoms with van der Waals surface area (Å²) in [6.07, 6.45) is 4.72. The Balaban J connectivity index is 2.77. The van der Waals surface area contributed by atoms with Gasteiger partial charge in [-0.05, 0) is 37.5 Å². The van der Waals surface area contributed by atoms with Gasteiger partial charge in [0.1, 0.15) is 0 Å². The molecule has 0 aromatic rings. The van der Waals surface area contributed by atoms with Crippen molar-refractivity contribution in [3.05, 3.63) is 0 Å². The molecule has 0 N–H and O–H groups in total. The SMILES string of the molecule is CC(C)C(C(=O)N1CCCCC1CCBr)C(C)C. The number of carbonyl (C=O) groups is 1. The van der Waals surface area contributed by atoms with Crippen LogP contribution in [0.3, 0.4) is 0 Å². The van der Waals surface area contributed by atoms with Crippen molar-refractivity contribution < 1.29 is 4.79 Å². The van der Waals surface area contributed by atoms with E-state index in [2.05, 4.69) is 48.5 Å². The lowest BCUT2D eigenvalue weighted by Gasteiger charge is -2.39. The summed E-state index contributed by atoms with van der Waals surface area (Å²) in [5.74, 6) is 1.44. The van der Waals surface area contributed by atoms with Crippen LogP contribution in [-0.4, -0.2) is 28.7 Å². The van der Waals surface area contributed by atoms with Crippen molar-refractivity contribution in [2.24, 2.45) is 17.8 Å². The molecule has 3 heteroatoms. The molecule has 1 aliphatic rings. The van der Waals surface area contributed by atoms with Gasteiger partial charge in [0, 0.05) is 23.8 Å². The fraction of sp³-hybridized carbons (Fsp3) is 0.933. The third kappa shape index (κ3) is 3.97. The molecule has 106 valence electrons. The Bertz CT molecular complexity index is 255. The van der Waals surface area contributed by atoms with Gasteiger partial charge in [0.2, 0.25) is 5.91 Å². The summed E-state index contributed by atoms with van der Waals surface area (Å²) in [5, 5.41) is 0.996. The van der Waals surface area contributed by atoms with Crippen LogP contribution in [0.15, 0.2) is 0 Å². The second-order valence-corrected chi connectivity index (χ2v) is 6.97. The largest absolute Gasteiger partial charge is 0.339 e. The standard InChI is InChI=1S/C15H28BrNO/c1-11(2)14(12(3)4)15(18)17-10-6-5-7-13(17)8-9-16/h11-14H,5-10H2,1-4H3. The molecular formula is C15H28BrNO. The summed E-state index contributed by atoms with van der Waals surface area (Å²) in [5.41, 5.74) is 0. The Hall–Kier alpha value is -0.0500. The predicted molar refractivity (Wildman–Crippen MR) is 80.9 cm³/mol. The van der Waals surface area contributed by atoms with Gasteiger partial charge in [0.15, 0.2) is 0 Å². The van der Waals surface area contributed by atoms with Gasteiger partial charge in [0.05, 0.1) is 0 Å². The normalized spacial score (nSPS) is 21.1. The number of halogens is 1. The molecule has 0 bridgehead atoms. The maximum absolute atomic E-state index is 12.8. The van der Waals surface area contributed by atoms with Gasteiger partial charge in [0.25, 0.3) is 0 Å². The van der Waals surface area contributed by atoms with E-state index in [1.165, 1.54) is 19.3 Å². The molecule has 1 fully saturated rings. The zero-order valence-electron chi connectivity index (χ0n) is 12.3. The van der Waals surface area contributed by atoms with Crippen LogP contribution >= 0.6 is 15.9 Å². The first-order valence-corrected chi connectivity index (χ1v) is 8.47. The highest BCUT2D eigenvalue weighted by Crippen LogP contribution is 2.28. The van der Waals surface area contributed by atoms with E-state index < -0.39 is 0 Å². The number of amides is 1. The lowest BCUT2D eigenvalue weighted by Crippen LogP contribution is -2.48. The third-order valence-electron chi connectivity index (χ3n) is 4.07. The molecule has 1 unspecified atom stereocenters. The Morgan fingerprint density at radius 3 is 2.33 bits per heavy atom. The highest BCUT2D eigenvalue weighted by molar-refractivity contribution is 9.09. The number of piperidine rings is 1. The molecule has 0 aromatic carbocycles. The van der Waals surface area contributed by atoms with Gasteiger partial charge < -0.3 is 4.90 Å². The summed E-state index contributed by atoms with van der Waals surface area (Å²) >= 11 is 3.52. The van der Waals surface area contributed by atoms with E-state index in [4.69, 9.17) is 0 Å². The predicted octanol–water partition coefficient (Wildman–Crippen LogP) is 4.08. The Kier molecular flexibility index (Phi) is 6.68. The van der Waals surface area contributed by atoms with Crippen LogP contribution in [0, 0.1) is 17.8 Å². The number of carbonyl (C=O) groups excluding carboxylic acids is 1. The van der Waals surface area contributed by atoms with Crippen LogP contribution in [0.5, 0.6) is 0 Å². The Morgan fingerprint density at radius 1 is 1.22 bits per heavy atom. The van der Waals surface area contributed by atoms with E-state index in [0.29, 0.717) is 23.8 Å². The van der Waals surface area contributed by atoms with Crippen LogP contribution in [0.1, 0.15) is 53.4 Å². The molecular weight excluding hydrogens is 290 g/mol. The van der Waals surface area contributed by atoms with Crippen molar-refractivity contribution in [2.45, 2.75) is 59.4 Å². The molecule has 1 aliphatic heterocycles. The maximum atomic E-state index is 12.8. The molecule has 2 nitrogen and oxygen atoms in total. The lowest BCUT2D eigenvalue weighted by molar-refractivity contribution is -0.142. The minimum Gasteiger partial charge on any atom is -0.339 e. The molecule has 1 saturated heterocycles. The smallest absolute Gasteiger partial charge is 0.226 e. The van der Waals surface area contributed by atoms with Gasteiger partial charge in [-0.25, -0.2) is 0 Å². The highest BCUT2D eigenvalue weighted by Gasteiger charge is 2.34. The minimum absolute atomic E-state index is 0.181. The second kappa shape index (κ2) is 7.52. The average molecular weight is 318 g/mol. The fourth-order valence-corrected chi connectivity index (χ4v) is 3.78. The first kappa shape index (κ1) is 16.0. The van der Waals surface area contributed by atoms with Gasteiger partial charge in [-0.1, -0.05) is 43.6 Å². The third-order valence-corrected chi connectivity index (χ3v) is 4.53. The first-order chi connectivity index (χ1) is 8.49. The number of likely N-dealkylation sites (tertiary alicyclic amines) is 1. The van der Waals surface area contributed by atoms with Gasteiger partial charge >= 0.3 is 0 Å². The van der Waals surface area contributed by atoms with Crippen LogP contribution in [0.25, 0.3) is 0 Å². The highest BCUT2D eigenvalue weighted by atomic mass is 79.9. The summed E-state index contributed by atoms with van der Waals surface area (Å²) in [4.78, 5) is 15.0. The maximum Gasteiger partial charge on any atom is 0.226 e. The molecule has 18 heavy (non-hydrogen) atoms. The minimum atomic E-state index is 0.181. The average Bonchev–Trinajstić information content (AvgIpc) is 2.29. The first-order valence-electron chi connectivity index (χ1n) is 7.35. The number of hydrogen-bond donors (Lipinski definition) is 0. The van der Waals surface area contributed by atoms with E-state index in [-0.39, 0.29) is 5.92 Å². The zero-order chi connectivity index (χ0) is 13.7. The molecule has 1 heterocycles. The van der Waals surface area contributed by atoms with E-state index in [1.54, 1.807) is 0 Å². The molecule has 0 aromatic heterocycles. The number of alkyl halides is 1. The molecule has 1 atom stereocenters. The molecule has 0 radical (unpaired) electrons. The van der Waals surface area contributed by atoms with Crippen molar-refractivity contribution >= 4 is 21.8 Å². The second-order valence-electron chi connectivity index (χ2n) is 6.17. The number of hydrogen-bond acceptors (Lipinski definition) is 1. The number of nitrogens with zero attached hydrogens (tertiary/aromatic N) is 1. The van der Waals surface area contributed by atoms with E-state index in [1.807, 2.05) is 0 Å². The molecule has 1 amide bonds. The van der Waals surface area contributed by atoms with Gasteiger partial charge in [-0.2, -0.15) is 0 Å². The van der Waals surface area contributed by atoms with E-state index in [9.17, 15) is 4.79 Å². The van der Waals surface area contributed by atoms with Crippen molar-refractivity contribution in [3.8, 4) is 0 Å². The van der Waals surface area contributed by atoms with Crippen LogP contribution in [0.2, 0.25) is 0 Å². The topological polar surface area (TPSA) is 20.3 Å². The van der Waals surface area contributed by atoms with Crippen molar-refractivity contribution in [1.29, 1.82) is 0 Å². The summed E-state index contributed by atoms with van der Waals surface area (Å²) in [6.45, 7) is 9.66. The zero-order valence-corrected chi connectivity index (χ0v) is 13.9.